The third-order valence-corrected chi connectivity index (χ3v) is 2.26. The predicted octanol–water partition coefficient (Wildman–Crippen LogP) is 0.830. The van der Waals surface area contributed by atoms with Gasteiger partial charge in [0.1, 0.15) is 17.2 Å². The van der Waals surface area contributed by atoms with Crippen LogP contribution in [-0.2, 0) is 4.79 Å². The van der Waals surface area contributed by atoms with Crippen LogP contribution in [0.25, 0.3) is 0 Å². The Balaban J connectivity index is 3.39. The normalized spacial score (nSPS) is 11.8. The second-order valence-electron chi connectivity index (χ2n) is 3.19. The van der Waals surface area contributed by atoms with E-state index in [2.05, 4.69) is 0 Å². The number of aliphatic hydroxyl groups is 1. The standard InChI is InChI=1S/C11H14O6/c1-15-6-4-7(16-2)9(8(5-6)17-3)10(12)11(13)14/h4-5,10,12H,1-3H3,(H,13,14). The van der Waals surface area contributed by atoms with Crippen molar-refractivity contribution < 1.29 is 29.2 Å². The van der Waals surface area contributed by atoms with Gasteiger partial charge >= 0.3 is 5.97 Å². The van der Waals surface area contributed by atoms with Gasteiger partial charge in [-0.25, -0.2) is 4.79 Å². The van der Waals surface area contributed by atoms with Crippen LogP contribution < -0.4 is 14.2 Å². The van der Waals surface area contributed by atoms with Crippen LogP contribution in [0.15, 0.2) is 12.1 Å². The van der Waals surface area contributed by atoms with Crippen molar-refractivity contribution in [1.82, 2.24) is 0 Å². The van der Waals surface area contributed by atoms with Crippen molar-refractivity contribution in [3.8, 4) is 17.2 Å². The number of rotatable bonds is 5. The van der Waals surface area contributed by atoms with Crippen LogP contribution in [0.3, 0.4) is 0 Å². The Kier molecular flexibility index (Phi) is 4.17. The molecule has 94 valence electrons. The fourth-order valence-corrected chi connectivity index (χ4v) is 1.43. The summed E-state index contributed by atoms with van der Waals surface area (Å²) < 4.78 is 15.0. The molecule has 0 aliphatic carbocycles. The number of methoxy groups -OCH3 is 3. The van der Waals surface area contributed by atoms with Crippen LogP contribution in [0.5, 0.6) is 17.2 Å². The minimum Gasteiger partial charge on any atom is -0.496 e. The lowest BCUT2D eigenvalue weighted by molar-refractivity contribution is -0.147. The third-order valence-electron chi connectivity index (χ3n) is 2.26. The highest BCUT2D eigenvalue weighted by molar-refractivity contribution is 5.77. The largest absolute Gasteiger partial charge is 0.496 e. The Morgan fingerprint density at radius 2 is 1.59 bits per heavy atom. The van der Waals surface area contributed by atoms with Crippen molar-refractivity contribution in [3.05, 3.63) is 17.7 Å². The number of ether oxygens (including phenoxy) is 3. The molecule has 6 heteroatoms. The molecule has 1 rings (SSSR count). The molecule has 1 aromatic carbocycles. The molecule has 0 bridgehead atoms. The summed E-state index contributed by atoms with van der Waals surface area (Å²) in [6.07, 6.45) is -1.72. The molecule has 0 aromatic heterocycles. The highest BCUT2D eigenvalue weighted by atomic mass is 16.5. The van der Waals surface area contributed by atoms with Crippen molar-refractivity contribution in [2.24, 2.45) is 0 Å². The Labute approximate surface area is 98.3 Å². The molecule has 0 fully saturated rings. The first-order chi connectivity index (χ1) is 8.04. The molecule has 1 aromatic rings. The minimum atomic E-state index is -1.72. The second kappa shape index (κ2) is 5.40. The van der Waals surface area contributed by atoms with E-state index in [1.807, 2.05) is 0 Å². The van der Waals surface area contributed by atoms with Gasteiger partial charge in [-0.1, -0.05) is 0 Å². The number of benzene rings is 1. The lowest BCUT2D eigenvalue weighted by atomic mass is 10.1. The summed E-state index contributed by atoms with van der Waals surface area (Å²) in [7, 11) is 4.19. The van der Waals surface area contributed by atoms with Gasteiger partial charge < -0.3 is 24.4 Å². The quantitative estimate of drug-likeness (QED) is 0.795. The average Bonchev–Trinajstić information content (AvgIpc) is 2.35. The van der Waals surface area contributed by atoms with E-state index in [9.17, 15) is 9.90 Å². The maximum atomic E-state index is 10.8. The highest BCUT2D eigenvalue weighted by Crippen LogP contribution is 2.38. The molecule has 6 nitrogen and oxygen atoms in total. The van der Waals surface area contributed by atoms with Gasteiger partial charge in [-0.2, -0.15) is 0 Å². The van der Waals surface area contributed by atoms with E-state index < -0.39 is 12.1 Å². The molecular formula is C11H14O6. The van der Waals surface area contributed by atoms with Gasteiger partial charge in [-0.3, -0.25) is 0 Å². The zero-order valence-electron chi connectivity index (χ0n) is 9.76. The van der Waals surface area contributed by atoms with Crippen molar-refractivity contribution in [3.63, 3.8) is 0 Å². The van der Waals surface area contributed by atoms with Gasteiger partial charge in [0, 0.05) is 12.1 Å². The van der Waals surface area contributed by atoms with E-state index in [-0.39, 0.29) is 17.1 Å². The van der Waals surface area contributed by atoms with Crippen LogP contribution in [0.1, 0.15) is 11.7 Å². The molecular weight excluding hydrogens is 228 g/mol. The monoisotopic (exact) mass is 242 g/mol. The van der Waals surface area contributed by atoms with E-state index in [0.29, 0.717) is 5.75 Å². The van der Waals surface area contributed by atoms with E-state index in [1.165, 1.54) is 33.5 Å². The average molecular weight is 242 g/mol. The number of aliphatic carboxylic acids is 1. The molecule has 17 heavy (non-hydrogen) atoms. The molecule has 0 aliphatic heterocycles. The molecule has 0 aliphatic rings. The molecule has 0 radical (unpaired) electrons. The number of aliphatic hydroxyl groups excluding tert-OH is 1. The van der Waals surface area contributed by atoms with Gasteiger partial charge in [0.15, 0.2) is 6.10 Å². The molecule has 0 spiro atoms. The topological polar surface area (TPSA) is 85.2 Å². The Bertz CT molecular complexity index is 389. The molecule has 0 saturated carbocycles. The summed E-state index contributed by atoms with van der Waals surface area (Å²) >= 11 is 0. The fraction of sp³-hybridized carbons (Fsp3) is 0.364. The van der Waals surface area contributed by atoms with Crippen LogP contribution in [-0.4, -0.2) is 37.5 Å². The van der Waals surface area contributed by atoms with Crippen LogP contribution in [0.2, 0.25) is 0 Å². The Hall–Kier alpha value is -1.95. The zero-order valence-corrected chi connectivity index (χ0v) is 9.76. The van der Waals surface area contributed by atoms with Gasteiger partial charge in [0.25, 0.3) is 0 Å². The van der Waals surface area contributed by atoms with Gasteiger partial charge in [-0.05, 0) is 0 Å². The summed E-state index contributed by atoms with van der Waals surface area (Å²) in [6, 6.07) is 2.95. The first-order valence-corrected chi connectivity index (χ1v) is 4.76. The maximum Gasteiger partial charge on any atom is 0.337 e. The number of hydrogen-bond acceptors (Lipinski definition) is 5. The summed E-state index contributed by atoms with van der Waals surface area (Å²) in [6.45, 7) is 0. The molecule has 0 heterocycles. The van der Waals surface area contributed by atoms with E-state index in [4.69, 9.17) is 19.3 Å². The SMILES string of the molecule is COc1cc(OC)c(C(O)C(=O)O)c(OC)c1. The lowest BCUT2D eigenvalue weighted by Gasteiger charge is -2.16. The number of carboxylic acid groups (broad SMARTS) is 1. The van der Waals surface area contributed by atoms with Gasteiger partial charge in [0.05, 0.1) is 26.9 Å². The molecule has 0 amide bonds. The van der Waals surface area contributed by atoms with Crippen molar-refractivity contribution in [2.45, 2.75) is 6.10 Å². The summed E-state index contributed by atoms with van der Waals surface area (Å²) in [5, 5.41) is 18.4. The smallest absolute Gasteiger partial charge is 0.337 e. The van der Waals surface area contributed by atoms with E-state index in [0.717, 1.165) is 0 Å². The number of carbonyl (C=O) groups is 1. The lowest BCUT2D eigenvalue weighted by Crippen LogP contribution is -2.13. The molecule has 2 N–H and O–H groups in total. The maximum absolute atomic E-state index is 10.8. The number of hydrogen-bond donors (Lipinski definition) is 2. The van der Waals surface area contributed by atoms with Gasteiger partial charge in [0.2, 0.25) is 0 Å². The first kappa shape index (κ1) is 13.1. The summed E-state index contributed by atoms with van der Waals surface area (Å²) in [5.74, 6) is -0.556. The summed E-state index contributed by atoms with van der Waals surface area (Å²) in [4.78, 5) is 10.8. The predicted molar refractivity (Wildman–Crippen MR) is 58.7 cm³/mol. The van der Waals surface area contributed by atoms with Crippen molar-refractivity contribution >= 4 is 5.97 Å². The molecule has 0 saturated heterocycles. The minimum absolute atomic E-state index is 0.0586. The molecule has 1 atom stereocenters. The van der Waals surface area contributed by atoms with Gasteiger partial charge in [-0.15, -0.1) is 0 Å². The van der Waals surface area contributed by atoms with Crippen LogP contribution >= 0.6 is 0 Å². The molecule has 1 unspecified atom stereocenters. The van der Waals surface area contributed by atoms with Crippen molar-refractivity contribution in [1.29, 1.82) is 0 Å². The Morgan fingerprint density at radius 1 is 1.12 bits per heavy atom. The third kappa shape index (κ3) is 2.59. The Morgan fingerprint density at radius 3 is 1.88 bits per heavy atom. The van der Waals surface area contributed by atoms with Crippen LogP contribution in [0.4, 0.5) is 0 Å². The van der Waals surface area contributed by atoms with E-state index >= 15 is 0 Å². The number of carboxylic acids is 1. The van der Waals surface area contributed by atoms with Crippen LogP contribution in [0, 0.1) is 0 Å². The zero-order chi connectivity index (χ0) is 13.0. The highest BCUT2D eigenvalue weighted by Gasteiger charge is 2.25. The van der Waals surface area contributed by atoms with Crippen molar-refractivity contribution in [2.75, 3.05) is 21.3 Å². The first-order valence-electron chi connectivity index (χ1n) is 4.76. The fourth-order valence-electron chi connectivity index (χ4n) is 1.43. The summed E-state index contributed by atoms with van der Waals surface area (Å²) in [5.41, 5.74) is 0.0586. The van der Waals surface area contributed by atoms with E-state index in [1.54, 1.807) is 0 Å². The second-order valence-corrected chi connectivity index (χ2v) is 3.19.